The molecule has 3 N–H and O–H groups in total. The number of hydrogen-bond acceptors (Lipinski definition) is 6. The maximum Gasteiger partial charge on any atom is 0.343 e. The molecule has 0 saturated heterocycles. The fourth-order valence-electron chi connectivity index (χ4n) is 5.53. The molecule has 2 aromatic heterocycles. The van der Waals surface area contributed by atoms with E-state index < -0.39 is 35.5 Å². The van der Waals surface area contributed by atoms with Gasteiger partial charge in [-0.3, -0.25) is 14.2 Å². The number of benzene rings is 4. The number of thiophene rings is 1. The predicted octanol–water partition coefficient (Wildman–Crippen LogP) is 6.74. The number of nitrogens with one attached hydrogen (secondary N) is 3. The highest BCUT2D eigenvalue weighted by molar-refractivity contribution is 7.22. The van der Waals surface area contributed by atoms with Gasteiger partial charge >= 0.3 is 11.7 Å². The largest absolute Gasteiger partial charge is 0.343 e. The van der Waals surface area contributed by atoms with Crippen molar-refractivity contribution in [3.8, 4) is 16.1 Å². The number of carbonyl (C=O) groups is 1. The van der Waals surface area contributed by atoms with Crippen LogP contribution in [0, 0.1) is 11.6 Å². The second-order valence-electron chi connectivity index (χ2n) is 11.0. The van der Waals surface area contributed by atoms with Gasteiger partial charge in [-0.05, 0) is 60.0 Å². The average Bonchev–Trinajstić information content (AvgIpc) is 3.47. The molecule has 4 aromatic carbocycles. The van der Waals surface area contributed by atoms with Gasteiger partial charge in [-0.15, -0.1) is 11.3 Å². The van der Waals surface area contributed by atoms with Gasteiger partial charge in [-0.1, -0.05) is 66.7 Å². The van der Waals surface area contributed by atoms with E-state index in [1.807, 2.05) is 37.3 Å². The first kappa shape index (κ1) is 32.5. The molecule has 0 unspecified atom stereocenters. The van der Waals surface area contributed by atoms with Crippen molar-refractivity contribution in [1.82, 2.24) is 19.9 Å². The first-order valence-electron chi connectivity index (χ1n) is 15.0. The van der Waals surface area contributed by atoms with Crippen LogP contribution in [0.25, 0.3) is 26.3 Å². The Kier molecular flexibility index (Phi) is 9.57. The van der Waals surface area contributed by atoms with Crippen LogP contribution >= 0.6 is 11.3 Å². The van der Waals surface area contributed by atoms with Crippen LogP contribution in [0.1, 0.15) is 29.7 Å². The molecule has 0 fully saturated rings. The molecule has 2 amide bonds. The van der Waals surface area contributed by atoms with Crippen LogP contribution in [0.4, 0.5) is 19.3 Å². The smallest absolute Gasteiger partial charge is 0.306 e. The monoisotopic (exact) mass is 667 g/mol. The van der Waals surface area contributed by atoms with E-state index in [1.165, 1.54) is 29.1 Å². The summed E-state index contributed by atoms with van der Waals surface area (Å²) in [6.45, 7) is 1.80. The molecule has 48 heavy (non-hydrogen) atoms. The summed E-state index contributed by atoms with van der Waals surface area (Å²) in [5.74, 6) is -1.60. The van der Waals surface area contributed by atoms with Gasteiger partial charge in [0.25, 0.3) is 5.56 Å². The van der Waals surface area contributed by atoms with E-state index in [1.54, 1.807) is 54.6 Å². The first-order chi connectivity index (χ1) is 23.3. The molecule has 12 heteroatoms. The fraction of sp³-hybridized carbons (Fsp3) is 0.139. The summed E-state index contributed by atoms with van der Waals surface area (Å²) in [6.07, 6.45) is 0. The van der Waals surface area contributed by atoms with E-state index >= 15 is 0 Å². The van der Waals surface area contributed by atoms with E-state index in [4.69, 9.17) is 0 Å². The first-order valence-corrected chi connectivity index (χ1v) is 15.9. The standard InChI is InChI=1S/C36H31F2N5O4S/c1-22(23-10-5-3-6-11-23)39-20-27-31-33(44)43(26-12-7-4-8-13-26)36(46)42(21-28-29(37)14-9-15-30(28)38)34(31)48-32(27)24-16-18-25(19-17-24)40-35(45)41-47-2/h3-19,22,39H,20-21H2,1-2H3,(H2,40,41,45)/t22-/m0/s1. The van der Waals surface area contributed by atoms with E-state index in [0.717, 1.165) is 22.3 Å². The number of para-hydroxylation sites is 1. The van der Waals surface area contributed by atoms with E-state index in [0.29, 0.717) is 27.4 Å². The second-order valence-corrected chi connectivity index (χ2v) is 12.0. The van der Waals surface area contributed by atoms with Crippen LogP contribution in [-0.4, -0.2) is 22.3 Å². The number of carbonyl (C=O) groups excluding carboxylic acids is 1. The van der Waals surface area contributed by atoms with Crippen LogP contribution in [0.3, 0.4) is 0 Å². The zero-order valence-electron chi connectivity index (χ0n) is 26.0. The van der Waals surface area contributed by atoms with Crippen LogP contribution in [0.15, 0.2) is 113 Å². The van der Waals surface area contributed by atoms with Crippen molar-refractivity contribution >= 4 is 33.3 Å². The molecule has 0 bridgehead atoms. The van der Waals surface area contributed by atoms with Gasteiger partial charge in [0.15, 0.2) is 0 Å². The number of anilines is 1. The maximum atomic E-state index is 15.0. The third kappa shape index (κ3) is 6.54. The minimum absolute atomic E-state index is 0.102. The molecule has 0 radical (unpaired) electrons. The van der Waals surface area contributed by atoms with Crippen molar-refractivity contribution < 1.29 is 18.4 Å². The van der Waals surface area contributed by atoms with Gasteiger partial charge in [0, 0.05) is 28.7 Å². The van der Waals surface area contributed by atoms with Gasteiger partial charge in [-0.25, -0.2) is 28.4 Å². The zero-order chi connectivity index (χ0) is 33.8. The molecule has 6 rings (SSSR count). The van der Waals surface area contributed by atoms with Gasteiger partial charge < -0.3 is 10.6 Å². The molecule has 2 heterocycles. The number of amides is 2. The molecule has 1 atom stereocenters. The number of rotatable bonds is 10. The fourth-order valence-corrected chi connectivity index (χ4v) is 6.84. The number of urea groups is 1. The highest BCUT2D eigenvalue weighted by atomic mass is 32.1. The normalized spacial score (nSPS) is 11.8. The minimum atomic E-state index is -0.802. The van der Waals surface area contributed by atoms with Crippen LogP contribution in [0.5, 0.6) is 0 Å². The minimum Gasteiger partial charge on any atom is -0.306 e. The van der Waals surface area contributed by atoms with E-state index in [-0.39, 0.29) is 28.4 Å². The molecule has 0 aliphatic rings. The van der Waals surface area contributed by atoms with Crippen molar-refractivity contribution in [2.75, 3.05) is 12.4 Å². The van der Waals surface area contributed by atoms with E-state index in [9.17, 15) is 23.2 Å². The predicted molar refractivity (Wildman–Crippen MR) is 183 cm³/mol. The molecule has 9 nitrogen and oxygen atoms in total. The highest BCUT2D eigenvalue weighted by Gasteiger charge is 2.25. The van der Waals surface area contributed by atoms with Crippen LogP contribution in [-0.2, 0) is 17.9 Å². The van der Waals surface area contributed by atoms with Crippen molar-refractivity contribution in [2.45, 2.75) is 26.1 Å². The summed E-state index contributed by atoms with van der Waals surface area (Å²) in [6, 6.07) is 28.1. The molecule has 0 saturated carbocycles. The lowest BCUT2D eigenvalue weighted by atomic mass is 10.0. The van der Waals surface area contributed by atoms with Crippen molar-refractivity contribution in [2.24, 2.45) is 0 Å². The lowest BCUT2D eigenvalue weighted by Crippen LogP contribution is -2.39. The van der Waals surface area contributed by atoms with Gasteiger partial charge in [-0.2, -0.15) is 0 Å². The molecule has 0 spiro atoms. The van der Waals surface area contributed by atoms with Gasteiger partial charge in [0.1, 0.15) is 16.5 Å². The number of hydrogen-bond donors (Lipinski definition) is 3. The van der Waals surface area contributed by atoms with Crippen LogP contribution in [0.2, 0.25) is 0 Å². The Balaban J connectivity index is 1.58. The van der Waals surface area contributed by atoms with Gasteiger partial charge in [0.2, 0.25) is 0 Å². The Morgan fingerprint density at radius 1 is 0.854 bits per heavy atom. The lowest BCUT2D eigenvalue weighted by molar-refractivity contribution is 0.114. The number of nitrogens with zero attached hydrogens (tertiary/aromatic N) is 2. The molecule has 6 aromatic rings. The Hall–Kier alpha value is -5.43. The van der Waals surface area contributed by atoms with Crippen molar-refractivity contribution in [1.29, 1.82) is 0 Å². The summed E-state index contributed by atoms with van der Waals surface area (Å²) in [4.78, 5) is 46.2. The van der Waals surface area contributed by atoms with Crippen molar-refractivity contribution in [3.63, 3.8) is 0 Å². The summed E-state index contributed by atoms with van der Waals surface area (Å²) in [5.41, 5.74) is 3.80. The second kappa shape index (κ2) is 14.1. The summed E-state index contributed by atoms with van der Waals surface area (Å²) in [7, 11) is 1.32. The Bertz CT molecular complexity index is 2180. The summed E-state index contributed by atoms with van der Waals surface area (Å²) < 4.78 is 32.3. The maximum absolute atomic E-state index is 15.0. The quantitative estimate of drug-likeness (QED) is 0.140. The molecular weight excluding hydrogens is 636 g/mol. The average molecular weight is 668 g/mol. The highest BCUT2D eigenvalue weighted by Crippen LogP contribution is 2.38. The zero-order valence-corrected chi connectivity index (χ0v) is 26.8. The van der Waals surface area contributed by atoms with Crippen molar-refractivity contribution in [3.05, 3.63) is 152 Å². The van der Waals surface area contributed by atoms with Gasteiger partial charge in [0.05, 0.1) is 24.7 Å². The molecule has 0 aliphatic carbocycles. The summed E-state index contributed by atoms with van der Waals surface area (Å²) >= 11 is 1.19. The lowest BCUT2D eigenvalue weighted by Gasteiger charge is -2.16. The number of aromatic nitrogens is 2. The molecule has 244 valence electrons. The van der Waals surface area contributed by atoms with Crippen LogP contribution < -0.4 is 27.4 Å². The van der Waals surface area contributed by atoms with E-state index in [2.05, 4.69) is 21.0 Å². The third-order valence-corrected chi connectivity index (χ3v) is 9.25. The number of halogens is 2. The summed E-state index contributed by atoms with van der Waals surface area (Å²) in [5, 5.41) is 6.43. The number of fused-ring (bicyclic) bond motifs is 1. The Morgan fingerprint density at radius 2 is 1.50 bits per heavy atom. The number of hydroxylamine groups is 1. The molecular formula is C36H31F2N5O4S. The third-order valence-electron chi connectivity index (χ3n) is 7.95. The Morgan fingerprint density at radius 3 is 2.15 bits per heavy atom. The topological polar surface area (TPSA) is 106 Å². The SMILES string of the molecule is CONC(=O)Nc1ccc(-c2sc3c(c2CN[C@@H](C)c2ccccc2)c(=O)n(-c2ccccc2)c(=O)n3Cc2c(F)cccc2F)cc1. The molecule has 0 aliphatic heterocycles. The Labute approximate surface area is 278 Å².